The molecule has 0 aromatic heterocycles. The van der Waals surface area contributed by atoms with E-state index in [1.807, 2.05) is 5.32 Å². The van der Waals surface area contributed by atoms with Crippen LogP contribution in [-0.2, 0) is 4.79 Å². The van der Waals surface area contributed by atoms with Crippen molar-refractivity contribution in [1.82, 2.24) is 10.6 Å². The fourth-order valence-electron chi connectivity index (χ4n) is 1.99. The zero-order valence-corrected chi connectivity index (χ0v) is 8.92. The molecule has 0 bridgehead atoms. The summed E-state index contributed by atoms with van der Waals surface area (Å²) in [5.74, 6) is 0.450. The highest BCUT2D eigenvalue weighted by Gasteiger charge is 2.14. The van der Waals surface area contributed by atoms with Crippen LogP contribution in [0.4, 0.5) is 4.79 Å². The van der Waals surface area contributed by atoms with Crippen molar-refractivity contribution < 1.29 is 9.59 Å². The molecule has 1 saturated carbocycles. The average Bonchev–Trinajstić information content (AvgIpc) is 2.63. The number of rotatable bonds is 5. The molecule has 0 aromatic rings. The maximum atomic E-state index is 11.0. The number of imide groups is 1. The Morgan fingerprint density at radius 3 is 2.53 bits per heavy atom. The van der Waals surface area contributed by atoms with E-state index in [9.17, 15) is 9.59 Å². The molecule has 0 spiro atoms. The predicted molar refractivity (Wildman–Crippen MR) is 57.2 cm³/mol. The van der Waals surface area contributed by atoms with E-state index in [2.05, 4.69) is 5.32 Å². The van der Waals surface area contributed by atoms with Crippen LogP contribution in [-0.4, -0.2) is 25.0 Å². The molecule has 1 rings (SSSR count). The predicted octanol–water partition coefficient (Wildman–Crippen LogP) is 0.351. The smallest absolute Gasteiger partial charge is 0.318 e. The summed E-state index contributed by atoms with van der Waals surface area (Å²) >= 11 is 0. The Kier molecular flexibility index (Phi) is 5.10. The van der Waals surface area contributed by atoms with E-state index in [4.69, 9.17) is 5.73 Å². The van der Waals surface area contributed by atoms with Crippen molar-refractivity contribution >= 4 is 11.9 Å². The minimum atomic E-state index is -0.794. The molecule has 5 nitrogen and oxygen atoms in total. The van der Waals surface area contributed by atoms with Crippen molar-refractivity contribution in [2.24, 2.45) is 11.7 Å². The molecule has 0 atom stereocenters. The molecule has 15 heavy (non-hydrogen) atoms. The summed E-state index contributed by atoms with van der Waals surface area (Å²) in [6.45, 7) is 0.993. The SMILES string of the molecule is NC(=O)NC(=O)CNCCC1CCCC1. The first-order valence-electron chi connectivity index (χ1n) is 5.48. The summed E-state index contributed by atoms with van der Waals surface area (Å²) in [7, 11) is 0. The monoisotopic (exact) mass is 213 g/mol. The van der Waals surface area contributed by atoms with Crippen LogP contribution in [0, 0.1) is 5.92 Å². The maximum Gasteiger partial charge on any atom is 0.318 e. The van der Waals surface area contributed by atoms with Crippen molar-refractivity contribution in [3.63, 3.8) is 0 Å². The molecule has 1 fully saturated rings. The molecule has 0 unspecified atom stereocenters. The van der Waals surface area contributed by atoms with Gasteiger partial charge in [0.25, 0.3) is 0 Å². The standard InChI is InChI=1S/C10H19N3O2/c11-10(15)13-9(14)7-12-6-5-8-3-1-2-4-8/h8,12H,1-7H2,(H3,11,13,14,15). The second-order valence-corrected chi connectivity index (χ2v) is 4.03. The zero-order valence-electron chi connectivity index (χ0n) is 8.92. The van der Waals surface area contributed by atoms with Crippen LogP contribution < -0.4 is 16.4 Å². The lowest BCUT2D eigenvalue weighted by atomic mass is 10.0. The molecule has 0 aliphatic heterocycles. The minimum Gasteiger partial charge on any atom is -0.351 e. The van der Waals surface area contributed by atoms with Gasteiger partial charge in [0.1, 0.15) is 0 Å². The third-order valence-electron chi connectivity index (χ3n) is 2.75. The number of amides is 3. The van der Waals surface area contributed by atoms with Gasteiger partial charge < -0.3 is 11.1 Å². The highest BCUT2D eigenvalue weighted by Crippen LogP contribution is 2.26. The van der Waals surface area contributed by atoms with Crippen LogP contribution >= 0.6 is 0 Å². The van der Waals surface area contributed by atoms with Gasteiger partial charge in [0.15, 0.2) is 0 Å². The third-order valence-corrected chi connectivity index (χ3v) is 2.75. The van der Waals surface area contributed by atoms with Gasteiger partial charge in [-0.1, -0.05) is 25.7 Å². The summed E-state index contributed by atoms with van der Waals surface area (Å²) in [4.78, 5) is 21.3. The van der Waals surface area contributed by atoms with Crippen molar-refractivity contribution in [1.29, 1.82) is 0 Å². The van der Waals surface area contributed by atoms with Gasteiger partial charge in [-0.05, 0) is 18.9 Å². The van der Waals surface area contributed by atoms with Crippen LogP contribution in [0.3, 0.4) is 0 Å². The number of carbonyl (C=O) groups excluding carboxylic acids is 2. The Hall–Kier alpha value is -1.10. The summed E-state index contributed by atoms with van der Waals surface area (Å²) in [6, 6.07) is -0.794. The van der Waals surface area contributed by atoms with Gasteiger partial charge in [-0.25, -0.2) is 4.79 Å². The van der Waals surface area contributed by atoms with Crippen LogP contribution in [0.2, 0.25) is 0 Å². The van der Waals surface area contributed by atoms with E-state index in [-0.39, 0.29) is 12.5 Å². The molecular weight excluding hydrogens is 194 g/mol. The van der Waals surface area contributed by atoms with Crippen LogP contribution in [0.5, 0.6) is 0 Å². The van der Waals surface area contributed by atoms with Gasteiger partial charge in [-0.3, -0.25) is 10.1 Å². The van der Waals surface area contributed by atoms with Gasteiger partial charge in [-0.15, -0.1) is 0 Å². The normalized spacial score (nSPS) is 16.5. The number of carbonyl (C=O) groups is 2. The molecule has 0 saturated heterocycles. The Morgan fingerprint density at radius 1 is 1.27 bits per heavy atom. The molecule has 0 aromatic carbocycles. The number of nitrogens with one attached hydrogen (secondary N) is 2. The quantitative estimate of drug-likeness (QED) is 0.576. The van der Waals surface area contributed by atoms with Crippen molar-refractivity contribution in [3.05, 3.63) is 0 Å². The van der Waals surface area contributed by atoms with Gasteiger partial charge in [-0.2, -0.15) is 0 Å². The number of urea groups is 1. The molecule has 0 radical (unpaired) electrons. The lowest BCUT2D eigenvalue weighted by Crippen LogP contribution is -2.40. The first kappa shape index (κ1) is 12.0. The van der Waals surface area contributed by atoms with Crippen molar-refractivity contribution in [2.45, 2.75) is 32.1 Å². The largest absolute Gasteiger partial charge is 0.351 e. The summed E-state index contributed by atoms with van der Waals surface area (Å²) < 4.78 is 0. The number of nitrogens with two attached hydrogens (primary N) is 1. The molecular formula is C10H19N3O2. The Balaban J connectivity index is 1.96. The molecule has 0 heterocycles. The highest BCUT2D eigenvalue weighted by molar-refractivity contribution is 5.94. The van der Waals surface area contributed by atoms with E-state index >= 15 is 0 Å². The second kappa shape index (κ2) is 6.40. The third kappa shape index (κ3) is 5.37. The van der Waals surface area contributed by atoms with Crippen LogP contribution in [0.1, 0.15) is 32.1 Å². The van der Waals surface area contributed by atoms with Gasteiger partial charge >= 0.3 is 6.03 Å². The van der Waals surface area contributed by atoms with Gasteiger partial charge in [0.05, 0.1) is 6.54 Å². The molecule has 3 amide bonds. The highest BCUT2D eigenvalue weighted by atomic mass is 16.2. The lowest BCUT2D eigenvalue weighted by molar-refractivity contribution is -0.119. The van der Waals surface area contributed by atoms with Crippen molar-refractivity contribution in [2.75, 3.05) is 13.1 Å². The molecule has 4 N–H and O–H groups in total. The molecule has 86 valence electrons. The molecule has 1 aliphatic rings. The van der Waals surface area contributed by atoms with E-state index < -0.39 is 6.03 Å². The fraction of sp³-hybridized carbons (Fsp3) is 0.800. The Bertz CT molecular complexity index is 225. The number of hydrogen-bond acceptors (Lipinski definition) is 3. The summed E-state index contributed by atoms with van der Waals surface area (Å²) in [5, 5.41) is 5.01. The number of hydrogen-bond donors (Lipinski definition) is 3. The van der Waals surface area contributed by atoms with E-state index in [0.717, 1.165) is 18.9 Å². The fourth-order valence-corrected chi connectivity index (χ4v) is 1.99. The van der Waals surface area contributed by atoms with Crippen LogP contribution in [0.25, 0.3) is 0 Å². The van der Waals surface area contributed by atoms with Gasteiger partial charge in [0, 0.05) is 0 Å². The maximum absolute atomic E-state index is 11.0. The minimum absolute atomic E-state index is 0.162. The van der Waals surface area contributed by atoms with E-state index in [0.29, 0.717) is 0 Å². The molecule has 5 heteroatoms. The summed E-state index contributed by atoms with van der Waals surface area (Å²) in [6.07, 6.45) is 6.42. The number of primary amides is 1. The topological polar surface area (TPSA) is 84.2 Å². The lowest BCUT2D eigenvalue weighted by Gasteiger charge is -2.09. The van der Waals surface area contributed by atoms with Crippen molar-refractivity contribution in [3.8, 4) is 0 Å². The second-order valence-electron chi connectivity index (χ2n) is 4.03. The zero-order chi connectivity index (χ0) is 11.1. The van der Waals surface area contributed by atoms with E-state index in [1.165, 1.54) is 25.7 Å². The Morgan fingerprint density at radius 2 is 1.93 bits per heavy atom. The van der Waals surface area contributed by atoms with E-state index in [1.54, 1.807) is 0 Å². The first-order chi connectivity index (χ1) is 7.18. The summed E-state index contributed by atoms with van der Waals surface area (Å²) in [5.41, 5.74) is 4.80. The Labute approximate surface area is 89.8 Å². The molecule has 1 aliphatic carbocycles. The van der Waals surface area contributed by atoms with Crippen LogP contribution in [0.15, 0.2) is 0 Å². The average molecular weight is 213 g/mol. The van der Waals surface area contributed by atoms with Gasteiger partial charge in [0.2, 0.25) is 5.91 Å². The first-order valence-corrected chi connectivity index (χ1v) is 5.48.